The lowest BCUT2D eigenvalue weighted by atomic mass is 9.80. The van der Waals surface area contributed by atoms with Crippen LogP contribution in [0.5, 0.6) is 11.5 Å². The average Bonchev–Trinajstić information content (AvgIpc) is 3.99. The monoisotopic (exact) mass is 681 g/mol. The summed E-state index contributed by atoms with van der Waals surface area (Å²) in [5.74, 6) is 0.151. The van der Waals surface area contributed by atoms with E-state index in [4.69, 9.17) is 16.0 Å². The largest absolute Gasteiger partial charge is 0.487 e. The lowest BCUT2D eigenvalue weighted by Crippen LogP contribution is -2.56. The SMILES string of the molecule is [C-]#[N+][C@@H]1C[C@@]2(CN1C(=O)[C@H](CC(C)(C)C)N(C)C(=O)[C@H](CC1CC1)NC(=O)c1ccc(OC3CC3)c(OC3CC3)c1)C(=O)Nc1ccccc12. The molecule has 2 aromatic carbocycles. The van der Waals surface area contributed by atoms with E-state index in [0.29, 0.717) is 41.5 Å². The van der Waals surface area contributed by atoms with Crippen LogP contribution in [-0.2, 0) is 19.8 Å². The second kappa shape index (κ2) is 12.9. The maximum atomic E-state index is 14.6. The van der Waals surface area contributed by atoms with E-state index >= 15 is 0 Å². The molecule has 7 rings (SSSR count). The molecule has 1 saturated heterocycles. The molecule has 0 unspecified atom stereocenters. The number of nitrogens with zero attached hydrogens (tertiary/aromatic N) is 3. The van der Waals surface area contributed by atoms with Gasteiger partial charge in [0.1, 0.15) is 17.5 Å². The number of likely N-dealkylation sites (tertiary alicyclic amines) is 1. The van der Waals surface area contributed by atoms with Crippen molar-refractivity contribution in [1.29, 1.82) is 0 Å². The van der Waals surface area contributed by atoms with Crippen LogP contribution in [0.25, 0.3) is 4.85 Å². The zero-order chi connectivity index (χ0) is 35.4. The van der Waals surface area contributed by atoms with E-state index in [9.17, 15) is 19.2 Å². The Morgan fingerprint density at radius 1 is 1.04 bits per heavy atom. The number of amides is 4. The summed E-state index contributed by atoms with van der Waals surface area (Å²) >= 11 is 0. The van der Waals surface area contributed by atoms with Crippen LogP contribution in [0.1, 0.15) is 94.5 Å². The molecule has 50 heavy (non-hydrogen) atoms. The second-order valence-electron chi connectivity index (χ2n) is 16.1. The molecule has 11 heteroatoms. The summed E-state index contributed by atoms with van der Waals surface area (Å²) in [7, 11) is 1.62. The van der Waals surface area contributed by atoms with E-state index in [1.165, 1.54) is 9.80 Å². The van der Waals surface area contributed by atoms with E-state index in [1.807, 2.05) is 45.0 Å². The fourth-order valence-electron chi connectivity index (χ4n) is 7.24. The highest BCUT2D eigenvalue weighted by atomic mass is 16.5. The molecule has 0 bridgehead atoms. The molecule has 3 aliphatic carbocycles. The number of para-hydroxylation sites is 1. The molecule has 0 radical (unpaired) electrons. The average molecular weight is 682 g/mol. The van der Waals surface area contributed by atoms with Crippen molar-refractivity contribution < 1.29 is 28.7 Å². The number of carbonyl (C=O) groups excluding carboxylic acids is 4. The molecule has 2 aliphatic heterocycles. The topological polar surface area (TPSA) is 122 Å². The van der Waals surface area contributed by atoms with Crippen LogP contribution >= 0.6 is 0 Å². The predicted molar refractivity (Wildman–Crippen MR) is 186 cm³/mol. The Labute approximate surface area is 293 Å². The van der Waals surface area contributed by atoms with Crippen molar-refractivity contribution in [2.24, 2.45) is 11.3 Å². The number of rotatable bonds is 12. The fourth-order valence-corrected chi connectivity index (χ4v) is 7.24. The van der Waals surface area contributed by atoms with Crippen molar-refractivity contribution in [2.45, 2.75) is 114 Å². The molecule has 264 valence electrons. The Balaban J connectivity index is 1.12. The molecule has 2 aromatic rings. The molecule has 5 aliphatic rings. The van der Waals surface area contributed by atoms with Gasteiger partial charge in [-0.1, -0.05) is 51.8 Å². The van der Waals surface area contributed by atoms with Gasteiger partial charge in [0.25, 0.3) is 11.8 Å². The lowest BCUT2D eigenvalue weighted by molar-refractivity contribution is -0.147. The van der Waals surface area contributed by atoms with Crippen molar-refractivity contribution in [1.82, 2.24) is 15.1 Å². The molecule has 2 heterocycles. The van der Waals surface area contributed by atoms with Crippen molar-refractivity contribution >= 4 is 29.3 Å². The molecule has 4 fully saturated rings. The van der Waals surface area contributed by atoms with Crippen LogP contribution in [0, 0.1) is 17.9 Å². The highest BCUT2D eigenvalue weighted by Crippen LogP contribution is 2.47. The summed E-state index contributed by atoms with van der Waals surface area (Å²) < 4.78 is 12.1. The van der Waals surface area contributed by atoms with Crippen molar-refractivity contribution in [3.63, 3.8) is 0 Å². The normalized spacial score (nSPS) is 23.8. The number of fused-ring (bicyclic) bond motifs is 2. The van der Waals surface area contributed by atoms with Crippen LogP contribution < -0.4 is 20.1 Å². The van der Waals surface area contributed by atoms with Gasteiger partial charge >= 0.3 is 6.17 Å². The van der Waals surface area contributed by atoms with Crippen LogP contribution in [0.4, 0.5) is 5.69 Å². The van der Waals surface area contributed by atoms with Gasteiger partial charge in [-0.05, 0) is 79.7 Å². The standard InChI is InChI=1S/C39H47N5O6/c1-38(2,3)20-30(36(47)44-22-39(21-33(44)40-4)27-8-6-7-9-28(27)42-37(39)48)43(5)35(46)29(18-23-10-11-23)41-34(45)24-12-17-31(49-25-13-14-25)32(19-24)50-26-15-16-26/h6-9,12,17,19,23,25-26,29-30,33H,10-11,13-16,18,20-22H2,1-3,5H3,(H,41,45)(H,42,48)/t29-,30-,33-,39-/m0/s1. The number of ether oxygens (including phenoxy) is 2. The molecular weight excluding hydrogens is 634 g/mol. The number of carbonyl (C=O) groups is 4. The summed E-state index contributed by atoms with van der Waals surface area (Å²) in [4.78, 5) is 62.9. The number of nitrogens with one attached hydrogen (secondary N) is 2. The smallest absolute Gasteiger partial charge is 0.302 e. The third-order valence-electron chi connectivity index (χ3n) is 10.5. The molecule has 4 atom stereocenters. The lowest BCUT2D eigenvalue weighted by Gasteiger charge is -2.36. The number of benzene rings is 2. The van der Waals surface area contributed by atoms with Gasteiger partial charge in [0.05, 0.1) is 18.6 Å². The van der Waals surface area contributed by atoms with E-state index < -0.39 is 29.6 Å². The van der Waals surface area contributed by atoms with Gasteiger partial charge in [0.2, 0.25) is 11.8 Å². The Morgan fingerprint density at radius 2 is 1.72 bits per heavy atom. The van der Waals surface area contributed by atoms with Gasteiger partial charge in [-0.3, -0.25) is 28.9 Å². The van der Waals surface area contributed by atoms with Gasteiger partial charge in [-0.2, -0.15) is 0 Å². The molecular formula is C39H47N5O6. The van der Waals surface area contributed by atoms with E-state index in [1.54, 1.807) is 25.2 Å². The number of hydrogen-bond donors (Lipinski definition) is 2. The van der Waals surface area contributed by atoms with Crippen molar-refractivity contribution in [2.75, 3.05) is 18.9 Å². The van der Waals surface area contributed by atoms with Crippen molar-refractivity contribution in [3.05, 3.63) is 65.0 Å². The van der Waals surface area contributed by atoms with E-state index in [-0.39, 0.29) is 48.3 Å². The minimum atomic E-state index is -1.03. The molecule has 0 aromatic heterocycles. The number of likely N-dealkylation sites (N-methyl/N-ethyl adjacent to an activating group) is 1. The Hall–Kier alpha value is -4.59. The fraction of sp³-hybridized carbons (Fsp3) is 0.564. The van der Waals surface area contributed by atoms with E-state index in [2.05, 4.69) is 15.5 Å². The maximum absolute atomic E-state index is 14.6. The first-order chi connectivity index (χ1) is 23.8. The highest BCUT2D eigenvalue weighted by Gasteiger charge is 2.59. The maximum Gasteiger partial charge on any atom is 0.302 e. The zero-order valence-electron chi connectivity index (χ0n) is 29.4. The van der Waals surface area contributed by atoms with Crippen molar-refractivity contribution in [3.8, 4) is 11.5 Å². The zero-order valence-corrected chi connectivity index (χ0v) is 29.4. The summed E-state index contributed by atoms with van der Waals surface area (Å²) in [6, 6.07) is 10.8. The minimum absolute atomic E-state index is 0.0539. The second-order valence-corrected chi connectivity index (χ2v) is 16.1. The third-order valence-corrected chi connectivity index (χ3v) is 10.5. The Kier molecular flexibility index (Phi) is 8.77. The van der Waals surface area contributed by atoms with Crippen LogP contribution in [-0.4, -0.2) is 77.5 Å². The highest BCUT2D eigenvalue weighted by molar-refractivity contribution is 6.07. The number of hydrogen-bond acceptors (Lipinski definition) is 6. The molecule has 3 saturated carbocycles. The van der Waals surface area contributed by atoms with Gasteiger partial charge in [-0.25, -0.2) is 6.57 Å². The quantitative estimate of drug-likeness (QED) is 0.294. The van der Waals surface area contributed by atoms with Gasteiger partial charge in [0, 0.05) is 24.8 Å². The minimum Gasteiger partial charge on any atom is -0.487 e. The molecule has 4 amide bonds. The third kappa shape index (κ3) is 7.03. The first kappa shape index (κ1) is 33.9. The van der Waals surface area contributed by atoms with Crippen LogP contribution in [0.2, 0.25) is 0 Å². The van der Waals surface area contributed by atoms with Gasteiger partial charge in [0.15, 0.2) is 11.5 Å². The summed E-state index contributed by atoms with van der Waals surface area (Å²) in [5.41, 5.74) is 0.481. The first-order valence-electron chi connectivity index (χ1n) is 18.0. The van der Waals surface area contributed by atoms with Crippen LogP contribution in [0.15, 0.2) is 42.5 Å². The first-order valence-corrected chi connectivity index (χ1v) is 18.0. The number of anilines is 1. The van der Waals surface area contributed by atoms with Gasteiger partial charge < -0.3 is 25.0 Å². The van der Waals surface area contributed by atoms with Crippen LogP contribution in [0.3, 0.4) is 0 Å². The predicted octanol–water partition coefficient (Wildman–Crippen LogP) is 5.30. The molecule has 1 spiro atoms. The molecule has 11 nitrogen and oxygen atoms in total. The summed E-state index contributed by atoms with van der Waals surface area (Å²) in [6.45, 7) is 14.1. The Morgan fingerprint density at radius 3 is 2.36 bits per heavy atom. The Bertz CT molecular complexity index is 1730. The summed E-state index contributed by atoms with van der Waals surface area (Å²) in [5, 5.41) is 5.95. The molecule has 2 N–H and O–H groups in total. The van der Waals surface area contributed by atoms with Gasteiger partial charge in [-0.15, -0.1) is 0 Å². The van der Waals surface area contributed by atoms with E-state index in [0.717, 1.165) is 44.1 Å². The summed E-state index contributed by atoms with van der Waals surface area (Å²) in [6.07, 6.45) is 6.32.